The lowest BCUT2D eigenvalue weighted by Gasteiger charge is -2.04. The summed E-state index contributed by atoms with van der Waals surface area (Å²) in [5.74, 6) is 0.135. The van der Waals surface area contributed by atoms with Gasteiger partial charge in [-0.25, -0.2) is 4.39 Å². The third-order valence-corrected chi connectivity index (χ3v) is 1.96. The van der Waals surface area contributed by atoms with Crippen molar-refractivity contribution in [1.29, 1.82) is 0 Å². The second-order valence-corrected chi connectivity index (χ2v) is 3.68. The van der Waals surface area contributed by atoms with Gasteiger partial charge in [-0.2, -0.15) is 0 Å². The maximum Gasteiger partial charge on any atom is 0.134 e. The fourth-order valence-corrected chi connectivity index (χ4v) is 1.48. The second kappa shape index (κ2) is 4.89. The summed E-state index contributed by atoms with van der Waals surface area (Å²) in [7, 11) is 0. The standard InChI is InChI=1S/C12H15FO/c1-9(13)6-11-4-3-5-12(8-11)7-10(2)14/h3-5,8-9H,6-7H2,1-2H3. The first kappa shape index (κ1) is 10.9. The van der Waals surface area contributed by atoms with Crippen LogP contribution >= 0.6 is 0 Å². The lowest BCUT2D eigenvalue weighted by Crippen LogP contribution is -2.01. The topological polar surface area (TPSA) is 17.1 Å². The van der Waals surface area contributed by atoms with Crippen LogP contribution in [0.1, 0.15) is 25.0 Å². The fourth-order valence-electron chi connectivity index (χ4n) is 1.48. The largest absolute Gasteiger partial charge is 0.300 e. The lowest BCUT2D eigenvalue weighted by atomic mass is 10.0. The molecule has 0 radical (unpaired) electrons. The van der Waals surface area contributed by atoms with Gasteiger partial charge in [-0.1, -0.05) is 24.3 Å². The van der Waals surface area contributed by atoms with Crippen LogP contribution in [-0.2, 0) is 17.6 Å². The van der Waals surface area contributed by atoms with Crippen molar-refractivity contribution in [2.75, 3.05) is 0 Å². The molecule has 0 bridgehead atoms. The summed E-state index contributed by atoms with van der Waals surface area (Å²) in [6.07, 6.45) is 0.0304. The van der Waals surface area contributed by atoms with Gasteiger partial charge in [-0.15, -0.1) is 0 Å². The fraction of sp³-hybridized carbons (Fsp3) is 0.417. The molecular weight excluding hydrogens is 179 g/mol. The first-order valence-corrected chi connectivity index (χ1v) is 4.79. The van der Waals surface area contributed by atoms with Crippen molar-refractivity contribution >= 4 is 5.78 Å². The third-order valence-electron chi connectivity index (χ3n) is 1.96. The minimum absolute atomic E-state index is 0.135. The lowest BCUT2D eigenvalue weighted by molar-refractivity contribution is -0.116. The molecule has 0 spiro atoms. The number of ketones is 1. The van der Waals surface area contributed by atoms with Crippen LogP contribution in [0.15, 0.2) is 24.3 Å². The van der Waals surface area contributed by atoms with Crippen molar-refractivity contribution in [3.8, 4) is 0 Å². The summed E-state index contributed by atoms with van der Waals surface area (Å²) in [5.41, 5.74) is 1.93. The second-order valence-electron chi connectivity index (χ2n) is 3.68. The Morgan fingerprint density at radius 1 is 1.43 bits per heavy atom. The molecule has 1 aromatic rings. The van der Waals surface area contributed by atoms with E-state index < -0.39 is 6.17 Å². The summed E-state index contributed by atoms with van der Waals surface area (Å²) in [5, 5.41) is 0. The van der Waals surface area contributed by atoms with Gasteiger partial charge in [-0.3, -0.25) is 4.79 Å². The number of carbonyl (C=O) groups excluding carboxylic acids is 1. The molecule has 0 N–H and O–H groups in total. The molecular formula is C12H15FO. The van der Waals surface area contributed by atoms with Gasteiger partial charge in [0.05, 0.1) is 0 Å². The molecule has 0 aliphatic rings. The van der Waals surface area contributed by atoms with Gasteiger partial charge < -0.3 is 0 Å². The van der Waals surface area contributed by atoms with E-state index in [0.29, 0.717) is 12.8 Å². The molecule has 0 aliphatic carbocycles. The number of alkyl halides is 1. The Balaban J connectivity index is 2.73. The Bertz CT molecular complexity index is 318. The summed E-state index contributed by atoms with van der Waals surface area (Å²) in [4.78, 5) is 10.9. The van der Waals surface area contributed by atoms with E-state index in [9.17, 15) is 9.18 Å². The Morgan fingerprint density at radius 2 is 2.07 bits per heavy atom. The SMILES string of the molecule is CC(=O)Cc1cccc(CC(C)F)c1. The highest BCUT2D eigenvalue weighted by atomic mass is 19.1. The normalized spacial score (nSPS) is 12.5. The maximum atomic E-state index is 12.7. The van der Waals surface area contributed by atoms with Gasteiger partial charge in [0, 0.05) is 12.8 Å². The zero-order valence-corrected chi connectivity index (χ0v) is 8.59. The summed E-state index contributed by atoms with van der Waals surface area (Å²) in [6, 6.07) is 7.56. The van der Waals surface area contributed by atoms with Crippen molar-refractivity contribution < 1.29 is 9.18 Å². The smallest absolute Gasteiger partial charge is 0.134 e. The molecule has 0 heterocycles. The first-order valence-electron chi connectivity index (χ1n) is 4.79. The number of halogens is 1. The molecule has 0 aromatic heterocycles. The summed E-state index contributed by atoms with van der Waals surface area (Å²) < 4.78 is 12.7. The van der Waals surface area contributed by atoms with Gasteiger partial charge >= 0.3 is 0 Å². The van der Waals surface area contributed by atoms with Crippen LogP contribution in [0.25, 0.3) is 0 Å². The van der Waals surface area contributed by atoms with Crippen LogP contribution in [-0.4, -0.2) is 12.0 Å². The number of hydrogen-bond acceptors (Lipinski definition) is 1. The van der Waals surface area contributed by atoms with E-state index in [-0.39, 0.29) is 5.78 Å². The molecule has 1 atom stereocenters. The number of rotatable bonds is 4. The predicted octanol–water partition coefficient (Wildman–Crippen LogP) is 2.72. The molecule has 0 amide bonds. The molecule has 0 aliphatic heterocycles. The average molecular weight is 194 g/mol. The molecule has 0 saturated heterocycles. The van der Waals surface area contributed by atoms with Crippen LogP contribution < -0.4 is 0 Å². The number of carbonyl (C=O) groups is 1. The highest BCUT2D eigenvalue weighted by molar-refractivity contribution is 5.78. The number of Topliss-reactive ketones (excluding diaryl/α,β-unsaturated/α-hetero) is 1. The van der Waals surface area contributed by atoms with Gasteiger partial charge in [0.1, 0.15) is 12.0 Å². The van der Waals surface area contributed by atoms with Crippen molar-refractivity contribution in [1.82, 2.24) is 0 Å². The van der Waals surface area contributed by atoms with Crippen LogP contribution in [0.2, 0.25) is 0 Å². The van der Waals surface area contributed by atoms with E-state index in [0.717, 1.165) is 11.1 Å². The van der Waals surface area contributed by atoms with E-state index in [1.165, 1.54) is 6.92 Å². The average Bonchev–Trinajstić information content (AvgIpc) is 2.01. The van der Waals surface area contributed by atoms with E-state index >= 15 is 0 Å². The predicted molar refractivity (Wildman–Crippen MR) is 55.1 cm³/mol. The summed E-state index contributed by atoms with van der Waals surface area (Å²) >= 11 is 0. The van der Waals surface area contributed by atoms with E-state index in [2.05, 4.69) is 0 Å². The molecule has 76 valence electrons. The Kier molecular flexibility index (Phi) is 3.81. The molecule has 0 saturated carbocycles. The van der Waals surface area contributed by atoms with Crippen molar-refractivity contribution in [2.24, 2.45) is 0 Å². The zero-order valence-electron chi connectivity index (χ0n) is 8.59. The molecule has 1 rings (SSSR count). The van der Waals surface area contributed by atoms with Crippen LogP contribution in [0.5, 0.6) is 0 Å². The monoisotopic (exact) mass is 194 g/mol. The number of hydrogen-bond donors (Lipinski definition) is 0. The quantitative estimate of drug-likeness (QED) is 0.720. The molecule has 1 nitrogen and oxygen atoms in total. The highest BCUT2D eigenvalue weighted by Crippen LogP contribution is 2.10. The van der Waals surface area contributed by atoms with E-state index in [4.69, 9.17) is 0 Å². The van der Waals surface area contributed by atoms with E-state index in [1.807, 2.05) is 24.3 Å². The van der Waals surface area contributed by atoms with Gasteiger partial charge in [0.15, 0.2) is 0 Å². The molecule has 0 fully saturated rings. The Hall–Kier alpha value is -1.18. The van der Waals surface area contributed by atoms with Gasteiger partial charge in [0.25, 0.3) is 0 Å². The maximum absolute atomic E-state index is 12.7. The van der Waals surface area contributed by atoms with Gasteiger partial charge in [0.2, 0.25) is 0 Å². The summed E-state index contributed by atoms with van der Waals surface area (Å²) in [6.45, 7) is 3.10. The van der Waals surface area contributed by atoms with Gasteiger partial charge in [-0.05, 0) is 25.0 Å². The van der Waals surface area contributed by atoms with Crippen molar-refractivity contribution in [3.63, 3.8) is 0 Å². The molecule has 1 unspecified atom stereocenters. The van der Waals surface area contributed by atoms with Crippen molar-refractivity contribution in [3.05, 3.63) is 35.4 Å². The van der Waals surface area contributed by atoms with Crippen LogP contribution in [0.3, 0.4) is 0 Å². The molecule has 1 aromatic carbocycles. The molecule has 2 heteroatoms. The Morgan fingerprint density at radius 3 is 2.64 bits per heavy atom. The van der Waals surface area contributed by atoms with E-state index in [1.54, 1.807) is 6.92 Å². The first-order chi connectivity index (χ1) is 6.58. The minimum atomic E-state index is -0.831. The van der Waals surface area contributed by atoms with Crippen molar-refractivity contribution in [2.45, 2.75) is 32.9 Å². The van der Waals surface area contributed by atoms with Crippen LogP contribution in [0.4, 0.5) is 4.39 Å². The highest BCUT2D eigenvalue weighted by Gasteiger charge is 2.02. The third kappa shape index (κ3) is 3.69. The minimum Gasteiger partial charge on any atom is -0.300 e. The zero-order chi connectivity index (χ0) is 10.6. The Labute approximate surface area is 83.9 Å². The molecule has 14 heavy (non-hydrogen) atoms. The van der Waals surface area contributed by atoms with Crippen LogP contribution in [0, 0.1) is 0 Å². The number of benzene rings is 1.